The summed E-state index contributed by atoms with van der Waals surface area (Å²) in [6, 6.07) is 8.11. The van der Waals surface area contributed by atoms with E-state index in [2.05, 4.69) is 9.46 Å². The highest BCUT2D eigenvalue weighted by Crippen LogP contribution is 2.26. The predicted molar refractivity (Wildman–Crippen MR) is 89.9 cm³/mol. The largest absolute Gasteiger partial charge is 0.469 e. The number of sulfonamides is 1. The molecule has 0 saturated carbocycles. The molecular formula is C16H19NO4S2. The number of rotatable bonds is 6. The van der Waals surface area contributed by atoms with Crippen molar-refractivity contribution in [3.63, 3.8) is 0 Å². The molecule has 0 unspecified atom stereocenters. The van der Waals surface area contributed by atoms with E-state index in [-0.39, 0.29) is 11.3 Å². The highest BCUT2D eigenvalue weighted by atomic mass is 32.2. The maximum absolute atomic E-state index is 12.7. The first-order chi connectivity index (χ1) is 10.8. The standard InChI is InChI=1S/C16H19NO4S2/c1-11-6-7-15(12(2)9-11)23(19,20)17-13(10-16(18)21-3)14-5-4-8-22-14/h4-9,13,17H,10H2,1-3H3/t13-/m1/s1. The summed E-state index contributed by atoms with van der Waals surface area (Å²) in [7, 11) is -2.45. The lowest BCUT2D eigenvalue weighted by atomic mass is 10.2. The van der Waals surface area contributed by atoms with Crippen LogP contribution in [0, 0.1) is 13.8 Å². The van der Waals surface area contributed by atoms with E-state index in [0.717, 1.165) is 10.4 Å². The second-order valence-corrected chi connectivity index (χ2v) is 7.90. The second-order valence-electron chi connectivity index (χ2n) is 5.24. The fourth-order valence-electron chi connectivity index (χ4n) is 2.29. The average Bonchev–Trinajstić information content (AvgIpc) is 2.99. The lowest BCUT2D eigenvalue weighted by molar-refractivity contribution is -0.141. The maximum Gasteiger partial charge on any atom is 0.307 e. The molecule has 2 aromatic rings. The zero-order valence-electron chi connectivity index (χ0n) is 13.2. The molecule has 23 heavy (non-hydrogen) atoms. The van der Waals surface area contributed by atoms with Gasteiger partial charge in [0, 0.05) is 4.88 Å². The van der Waals surface area contributed by atoms with Gasteiger partial charge in [-0.3, -0.25) is 4.79 Å². The lowest BCUT2D eigenvalue weighted by Crippen LogP contribution is -2.30. The Hall–Kier alpha value is -1.70. The zero-order chi connectivity index (χ0) is 17.0. The molecule has 1 N–H and O–H groups in total. The first kappa shape index (κ1) is 17.7. The van der Waals surface area contributed by atoms with E-state index in [4.69, 9.17) is 0 Å². The van der Waals surface area contributed by atoms with Crippen LogP contribution in [0.15, 0.2) is 40.6 Å². The van der Waals surface area contributed by atoms with E-state index in [1.807, 2.05) is 24.4 Å². The molecule has 0 aliphatic carbocycles. The number of carbonyl (C=O) groups excluding carboxylic acids is 1. The minimum absolute atomic E-state index is 0.0544. The zero-order valence-corrected chi connectivity index (χ0v) is 14.8. The van der Waals surface area contributed by atoms with Gasteiger partial charge in [0.05, 0.1) is 24.5 Å². The van der Waals surface area contributed by atoms with Crippen LogP contribution in [0.5, 0.6) is 0 Å². The number of methoxy groups -OCH3 is 1. The van der Waals surface area contributed by atoms with Gasteiger partial charge in [-0.05, 0) is 36.9 Å². The van der Waals surface area contributed by atoms with Crippen LogP contribution >= 0.6 is 11.3 Å². The van der Waals surface area contributed by atoms with E-state index < -0.39 is 22.0 Å². The van der Waals surface area contributed by atoms with Crippen LogP contribution in [0.1, 0.15) is 28.5 Å². The third kappa shape index (κ3) is 4.40. The third-order valence-electron chi connectivity index (χ3n) is 3.40. The smallest absolute Gasteiger partial charge is 0.307 e. The monoisotopic (exact) mass is 353 g/mol. The lowest BCUT2D eigenvalue weighted by Gasteiger charge is -2.17. The van der Waals surface area contributed by atoms with Crippen LogP contribution in [-0.2, 0) is 19.6 Å². The van der Waals surface area contributed by atoms with Gasteiger partial charge in [0.1, 0.15) is 0 Å². The van der Waals surface area contributed by atoms with Crippen LogP contribution in [0.25, 0.3) is 0 Å². The quantitative estimate of drug-likeness (QED) is 0.811. The van der Waals surface area contributed by atoms with Crippen molar-refractivity contribution in [3.05, 3.63) is 51.7 Å². The van der Waals surface area contributed by atoms with Crippen molar-refractivity contribution in [1.29, 1.82) is 0 Å². The minimum atomic E-state index is -3.74. The molecule has 0 radical (unpaired) electrons. The first-order valence-corrected chi connectivity index (χ1v) is 9.39. The van der Waals surface area contributed by atoms with Gasteiger partial charge in [-0.15, -0.1) is 11.3 Å². The first-order valence-electron chi connectivity index (χ1n) is 7.03. The van der Waals surface area contributed by atoms with Crippen LogP contribution in [0.4, 0.5) is 0 Å². The van der Waals surface area contributed by atoms with Gasteiger partial charge in [0.25, 0.3) is 0 Å². The number of esters is 1. The van der Waals surface area contributed by atoms with Crippen LogP contribution in [-0.4, -0.2) is 21.5 Å². The minimum Gasteiger partial charge on any atom is -0.469 e. The molecule has 2 rings (SSSR count). The molecule has 5 nitrogen and oxygen atoms in total. The van der Waals surface area contributed by atoms with Crippen molar-refractivity contribution >= 4 is 27.3 Å². The Morgan fingerprint density at radius 2 is 2.04 bits per heavy atom. The number of hydrogen-bond donors (Lipinski definition) is 1. The topological polar surface area (TPSA) is 72.5 Å². The maximum atomic E-state index is 12.7. The Morgan fingerprint density at radius 1 is 1.30 bits per heavy atom. The molecular weight excluding hydrogens is 334 g/mol. The number of aryl methyl sites for hydroxylation is 2. The molecule has 0 aliphatic rings. The molecule has 0 bridgehead atoms. The molecule has 1 aromatic heterocycles. The summed E-state index contributed by atoms with van der Waals surface area (Å²) in [5.74, 6) is -0.466. The molecule has 0 amide bonds. The van der Waals surface area contributed by atoms with Crippen molar-refractivity contribution in [2.75, 3.05) is 7.11 Å². The Kier molecular flexibility index (Phi) is 5.56. The van der Waals surface area contributed by atoms with Crippen molar-refractivity contribution in [3.8, 4) is 0 Å². The van der Waals surface area contributed by atoms with Crippen LogP contribution < -0.4 is 4.72 Å². The number of ether oxygens (including phenoxy) is 1. The van der Waals surface area contributed by atoms with Crippen molar-refractivity contribution in [2.24, 2.45) is 0 Å². The Morgan fingerprint density at radius 3 is 2.61 bits per heavy atom. The summed E-state index contributed by atoms with van der Waals surface area (Å²) in [6.07, 6.45) is -0.0544. The van der Waals surface area contributed by atoms with Crippen LogP contribution in [0.3, 0.4) is 0 Å². The third-order valence-corrected chi connectivity index (χ3v) is 6.02. The SMILES string of the molecule is COC(=O)C[C@@H](NS(=O)(=O)c1ccc(C)cc1C)c1cccs1. The van der Waals surface area contributed by atoms with Gasteiger partial charge < -0.3 is 4.74 Å². The van der Waals surface area contributed by atoms with Gasteiger partial charge in [-0.25, -0.2) is 13.1 Å². The van der Waals surface area contributed by atoms with E-state index in [1.165, 1.54) is 18.4 Å². The molecule has 7 heteroatoms. The second kappa shape index (κ2) is 7.25. The number of benzene rings is 1. The molecule has 0 spiro atoms. The Bertz CT molecular complexity index is 782. The Balaban J connectivity index is 2.32. The normalized spacial score (nSPS) is 12.8. The van der Waals surface area contributed by atoms with E-state index in [1.54, 1.807) is 25.1 Å². The molecule has 1 atom stereocenters. The predicted octanol–water partition coefficient (Wildman–Crippen LogP) is 2.95. The summed E-state index contributed by atoms with van der Waals surface area (Å²) < 4.78 is 32.7. The number of nitrogens with one attached hydrogen (secondary N) is 1. The average molecular weight is 353 g/mol. The van der Waals surface area contributed by atoms with Crippen molar-refractivity contribution in [2.45, 2.75) is 31.2 Å². The van der Waals surface area contributed by atoms with E-state index >= 15 is 0 Å². The summed E-state index contributed by atoms with van der Waals surface area (Å²) in [6.45, 7) is 3.66. The fourth-order valence-corrected chi connectivity index (χ4v) is 4.59. The number of hydrogen-bond acceptors (Lipinski definition) is 5. The van der Waals surface area contributed by atoms with E-state index in [9.17, 15) is 13.2 Å². The van der Waals surface area contributed by atoms with Gasteiger partial charge in [0.15, 0.2) is 0 Å². The van der Waals surface area contributed by atoms with Crippen LogP contribution in [0.2, 0.25) is 0 Å². The molecule has 1 heterocycles. The summed E-state index contributed by atoms with van der Waals surface area (Å²) in [4.78, 5) is 12.6. The summed E-state index contributed by atoms with van der Waals surface area (Å²) in [5.41, 5.74) is 1.66. The highest BCUT2D eigenvalue weighted by molar-refractivity contribution is 7.89. The van der Waals surface area contributed by atoms with Crippen molar-refractivity contribution < 1.29 is 17.9 Å². The van der Waals surface area contributed by atoms with Gasteiger partial charge in [-0.2, -0.15) is 0 Å². The van der Waals surface area contributed by atoms with E-state index in [0.29, 0.717) is 5.56 Å². The molecule has 0 fully saturated rings. The van der Waals surface area contributed by atoms with Crippen molar-refractivity contribution in [1.82, 2.24) is 4.72 Å². The van der Waals surface area contributed by atoms with Gasteiger partial charge in [0.2, 0.25) is 10.0 Å². The number of carbonyl (C=O) groups is 1. The molecule has 0 aliphatic heterocycles. The fraction of sp³-hybridized carbons (Fsp3) is 0.312. The number of thiophene rings is 1. The summed E-state index contributed by atoms with van der Waals surface area (Å²) >= 11 is 1.39. The molecule has 0 saturated heterocycles. The Labute approximate surface area is 140 Å². The van der Waals surface area contributed by atoms with Gasteiger partial charge >= 0.3 is 5.97 Å². The molecule has 124 valence electrons. The molecule has 1 aromatic carbocycles. The van der Waals surface area contributed by atoms with Gasteiger partial charge in [-0.1, -0.05) is 23.8 Å². The summed E-state index contributed by atoms with van der Waals surface area (Å²) in [5, 5.41) is 1.84. The highest BCUT2D eigenvalue weighted by Gasteiger charge is 2.25.